The van der Waals surface area contributed by atoms with Crippen LogP contribution >= 0.6 is 0 Å². The summed E-state index contributed by atoms with van der Waals surface area (Å²) in [4.78, 5) is 14.5. The van der Waals surface area contributed by atoms with Crippen molar-refractivity contribution in [2.24, 2.45) is 5.73 Å². The third kappa shape index (κ3) is 2.66. The third-order valence-corrected chi connectivity index (χ3v) is 4.26. The molecule has 1 saturated heterocycles. The Bertz CT molecular complexity index is 452. The van der Waals surface area contributed by atoms with Crippen LogP contribution in [0.25, 0.3) is 0 Å². The Morgan fingerprint density at radius 2 is 2.00 bits per heavy atom. The monoisotopic (exact) mass is 260 g/mol. The van der Waals surface area contributed by atoms with Gasteiger partial charge in [-0.05, 0) is 43.4 Å². The van der Waals surface area contributed by atoms with Crippen molar-refractivity contribution in [3.63, 3.8) is 0 Å². The summed E-state index contributed by atoms with van der Waals surface area (Å²) in [7, 11) is 0. The highest BCUT2D eigenvalue weighted by atomic mass is 16.2. The largest absolute Gasteiger partial charge is 0.332 e. The van der Waals surface area contributed by atoms with E-state index < -0.39 is 0 Å². The lowest BCUT2D eigenvalue weighted by Gasteiger charge is -2.34. The number of rotatable bonds is 3. The Morgan fingerprint density at radius 1 is 1.37 bits per heavy atom. The number of amides is 1. The van der Waals surface area contributed by atoms with Gasteiger partial charge in [-0.3, -0.25) is 4.79 Å². The first kappa shape index (κ1) is 14.1. The third-order valence-electron chi connectivity index (χ3n) is 4.26. The zero-order valence-corrected chi connectivity index (χ0v) is 12.1. The van der Waals surface area contributed by atoms with Crippen molar-refractivity contribution in [2.75, 3.05) is 13.1 Å². The molecule has 1 aromatic carbocycles. The van der Waals surface area contributed by atoms with Gasteiger partial charge in [0.2, 0.25) is 0 Å². The van der Waals surface area contributed by atoms with Crippen molar-refractivity contribution < 1.29 is 4.79 Å². The van der Waals surface area contributed by atoms with Gasteiger partial charge in [0.1, 0.15) is 0 Å². The summed E-state index contributed by atoms with van der Waals surface area (Å²) in [6, 6.07) is 7.97. The zero-order valence-electron chi connectivity index (χ0n) is 12.1. The van der Waals surface area contributed by atoms with Crippen LogP contribution in [0.5, 0.6) is 0 Å². The van der Waals surface area contributed by atoms with Gasteiger partial charge >= 0.3 is 0 Å². The number of likely N-dealkylation sites (tertiary alicyclic amines) is 1. The molecule has 3 heteroatoms. The molecule has 19 heavy (non-hydrogen) atoms. The standard InChI is InChI=1S/C16H24N2O/c1-12(2)13-5-7-14(8-6-13)15(19)18-10-4-9-16(18,3)11-17/h5-8,12H,4,9-11,17H2,1-3H3. The Labute approximate surface area is 115 Å². The molecule has 0 spiro atoms. The number of nitrogens with zero attached hydrogens (tertiary/aromatic N) is 1. The first-order valence-electron chi connectivity index (χ1n) is 7.10. The van der Waals surface area contributed by atoms with E-state index >= 15 is 0 Å². The maximum absolute atomic E-state index is 12.6. The fourth-order valence-corrected chi connectivity index (χ4v) is 2.75. The van der Waals surface area contributed by atoms with E-state index in [9.17, 15) is 4.79 Å². The second kappa shape index (κ2) is 5.33. The smallest absolute Gasteiger partial charge is 0.254 e. The average Bonchev–Trinajstić information content (AvgIpc) is 2.81. The van der Waals surface area contributed by atoms with Crippen molar-refractivity contribution in [1.82, 2.24) is 4.90 Å². The normalized spacial score (nSPS) is 23.1. The average molecular weight is 260 g/mol. The highest BCUT2D eigenvalue weighted by molar-refractivity contribution is 5.95. The van der Waals surface area contributed by atoms with Crippen molar-refractivity contribution >= 4 is 5.91 Å². The molecule has 1 atom stereocenters. The Balaban J connectivity index is 2.20. The van der Waals surface area contributed by atoms with Crippen LogP contribution in [0.4, 0.5) is 0 Å². The number of carbonyl (C=O) groups is 1. The molecule has 1 amide bonds. The molecule has 2 rings (SSSR count). The molecular formula is C16H24N2O. The quantitative estimate of drug-likeness (QED) is 0.908. The van der Waals surface area contributed by atoms with Gasteiger partial charge in [-0.15, -0.1) is 0 Å². The summed E-state index contributed by atoms with van der Waals surface area (Å²) < 4.78 is 0. The second-order valence-corrected chi connectivity index (χ2v) is 6.04. The lowest BCUT2D eigenvalue weighted by Crippen LogP contribution is -2.50. The fraction of sp³-hybridized carbons (Fsp3) is 0.562. The van der Waals surface area contributed by atoms with E-state index in [4.69, 9.17) is 5.73 Å². The van der Waals surface area contributed by atoms with E-state index in [-0.39, 0.29) is 11.4 Å². The van der Waals surface area contributed by atoms with Gasteiger partial charge in [-0.1, -0.05) is 26.0 Å². The molecule has 1 unspecified atom stereocenters. The molecule has 1 heterocycles. The second-order valence-electron chi connectivity index (χ2n) is 6.04. The predicted octanol–water partition coefficient (Wildman–Crippen LogP) is 2.76. The van der Waals surface area contributed by atoms with Gasteiger partial charge in [0, 0.05) is 18.7 Å². The minimum Gasteiger partial charge on any atom is -0.332 e. The molecule has 1 aromatic rings. The van der Waals surface area contributed by atoms with Crippen LogP contribution in [0.15, 0.2) is 24.3 Å². The van der Waals surface area contributed by atoms with Crippen LogP contribution in [0, 0.1) is 0 Å². The van der Waals surface area contributed by atoms with Gasteiger partial charge < -0.3 is 10.6 Å². The highest BCUT2D eigenvalue weighted by Crippen LogP contribution is 2.29. The minimum atomic E-state index is -0.173. The minimum absolute atomic E-state index is 0.112. The van der Waals surface area contributed by atoms with E-state index in [1.165, 1.54) is 5.56 Å². The summed E-state index contributed by atoms with van der Waals surface area (Å²) in [5.41, 5.74) is 7.70. The van der Waals surface area contributed by atoms with E-state index in [2.05, 4.69) is 20.8 Å². The van der Waals surface area contributed by atoms with Gasteiger partial charge in [0.05, 0.1) is 5.54 Å². The molecule has 104 valence electrons. The zero-order chi connectivity index (χ0) is 14.0. The van der Waals surface area contributed by atoms with Crippen molar-refractivity contribution in [2.45, 2.75) is 45.1 Å². The van der Waals surface area contributed by atoms with Crippen LogP contribution < -0.4 is 5.73 Å². The fourth-order valence-electron chi connectivity index (χ4n) is 2.75. The molecule has 2 N–H and O–H groups in total. The molecule has 0 saturated carbocycles. The van der Waals surface area contributed by atoms with Gasteiger partial charge in [0.25, 0.3) is 5.91 Å². The van der Waals surface area contributed by atoms with Crippen LogP contribution in [0.1, 0.15) is 55.5 Å². The highest BCUT2D eigenvalue weighted by Gasteiger charge is 2.38. The van der Waals surface area contributed by atoms with Gasteiger partial charge in [0.15, 0.2) is 0 Å². The molecule has 0 radical (unpaired) electrons. The van der Waals surface area contributed by atoms with Crippen molar-refractivity contribution in [3.05, 3.63) is 35.4 Å². The first-order valence-corrected chi connectivity index (χ1v) is 7.10. The summed E-state index contributed by atoms with van der Waals surface area (Å²) in [5.74, 6) is 0.603. The van der Waals surface area contributed by atoms with Gasteiger partial charge in [-0.25, -0.2) is 0 Å². The van der Waals surface area contributed by atoms with E-state index in [1.54, 1.807) is 0 Å². The van der Waals surface area contributed by atoms with Crippen LogP contribution in [-0.2, 0) is 0 Å². The topological polar surface area (TPSA) is 46.3 Å². The Hall–Kier alpha value is -1.35. The Morgan fingerprint density at radius 3 is 2.53 bits per heavy atom. The van der Waals surface area contributed by atoms with Crippen LogP contribution in [-0.4, -0.2) is 29.4 Å². The lowest BCUT2D eigenvalue weighted by atomic mass is 9.97. The maximum atomic E-state index is 12.6. The summed E-state index contributed by atoms with van der Waals surface area (Å²) in [6.45, 7) is 7.74. The molecule has 0 aliphatic carbocycles. The number of hydrogen-bond acceptors (Lipinski definition) is 2. The van der Waals surface area contributed by atoms with Gasteiger partial charge in [-0.2, -0.15) is 0 Å². The van der Waals surface area contributed by atoms with Crippen molar-refractivity contribution in [3.8, 4) is 0 Å². The predicted molar refractivity (Wildman–Crippen MR) is 78.3 cm³/mol. The molecule has 0 bridgehead atoms. The van der Waals surface area contributed by atoms with Crippen LogP contribution in [0.2, 0.25) is 0 Å². The number of carbonyl (C=O) groups excluding carboxylic acids is 1. The van der Waals surface area contributed by atoms with E-state index in [0.717, 1.165) is 24.9 Å². The summed E-state index contributed by atoms with van der Waals surface area (Å²) in [5, 5.41) is 0. The first-order chi connectivity index (χ1) is 8.98. The SMILES string of the molecule is CC(C)c1ccc(C(=O)N2CCCC2(C)CN)cc1. The van der Waals surface area contributed by atoms with E-state index in [0.29, 0.717) is 12.5 Å². The molecule has 0 aromatic heterocycles. The lowest BCUT2D eigenvalue weighted by molar-refractivity contribution is 0.0637. The summed E-state index contributed by atoms with van der Waals surface area (Å²) >= 11 is 0. The number of benzene rings is 1. The maximum Gasteiger partial charge on any atom is 0.254 e. The molecule has 3 nitrogen and oxygen atoms in total. The summed E-state index contributed by atoms with van der Waals surface area (Å²) in [6.07, 6.45) is 2.04. The van der Waals surface area contributed by atoms with Crippen molar-refractivity contribution in [1.29, 1.82) is 0 Å². The molecule has 1 aliphatic rings. The van der Waals surface area contributed by atoms with E-state index in [1.807, 2.05) is 29.2 Å². The Kier molecular flexibility index (Phi) is 3.95. The number of nitrogens with two attached hydrogens (primary N) is 1. The molecule has 1 fully saturated rings. The van der Waals surface area contributed by atoms with Crippen LogP contribution in [0.3, 0.4) is 0 Å². The number of hydrogen-bond donors (Lipinski definition) is 1. The molecule has 1 aliphatic heterocycles. The molecular weight excluding hydrogens is 236 g/mol.